The van der Waals surface area contributed by atoms with E-state index in [1.165, 1.54) is 24.3 Å². The summed E-state index contributed by atoms with van der Waals surface area (Å²) < 4.78 is 25.6. The summed E-state index contributed by atoms with van der Waals surface area (Å²) >= 11 is 3.44. The van der Waals surface area contributed by atoms with E-state index in [4.69, 9.17) is 15.2 Å². The molecule has 3 aromatic rings. The Labute approximate surface area is 180 Å². The van der Waals surface area contributed by atoms with E-state index in [2.05, 4.69) is 22.0 Å². The number of carbonyl (C=O) groups excluding carboxylic acids is 1. The van der Waals surface area contributed by atoms with Gasteiger partial charge in [-0.25, -0.2) is 9.18 Å². The summed E-state index contributed by atoms with van der Waals surface area (Å²) in [6.07, 6.45) is 0. The molecule has 0 saturated carbocycles. The highest BCUT2D eigenvalue weighted by molar-refractivity contribution is 9.10. The van der Waals surface area contributed by atoms with E-state index >= 15 is 0 Å². The fourth-order valence-corrected chi connectivity index (χ4v) is 3.73. The molecule has 4 rings (SSSR count). The molecule has 1 unspecified atom stereocenters. The molecule has 0 saturated heterocycles. The van der Waals surface area contributed by atoms with Crippen LogP contribution < -0.4 is 15.2 Å². The number of allylic oxidation sites excluding steroid dienone is 1. The average molecular weight is 465 g/mol. The molecular weight excluding hydrogens is 451 g/mol. The first-order chi connectivity index (χ1) is 14.5. The summed E-state index contributed by atoms with van der Waals surface area (Å²) in [5, 5.41) is 9.63. The Kier molecular flexibility index (Phi) is 5.25. The summed E-state index contributed by atoms with van der Waals surface area (Å²) in [6, 6.07) is 20.0. The predicted molar refractivity (Wildman–Crippen MR) is 111 cm³/mol. The van der Waals surface area contributed by atoms with Crippen LogP contribution in [0.1, 0.15) is 27.4 Å². The summed E-state index contributed by atoms with van der Waals surface area (Å²) in [7, 11) is 0. The van der Waals surface area contributed by atoms with E-state index in [0.717, 1.165) is 10.0 Å². The number of nitriles is 1. The van der Waals surface area contributed by atoms with Crippen LogP contribution in [0.2, 0.25) is 0 Å². The van der Waals surface area contributed by atoms with Gasteiger partial charge in [0.25, 0.3) is 0 Å². The van der Waals surface area contributed by atoms with Gasteiger partial charge in [-0.15, -0.1) is 0 Å². The van der Waals surface area contributed by atoms with Gasteiger partial charge < -0.3 is 15.2 Å². The average Bonchev–Trinajstić information content (AvgIpc) is 2.73. The number of esters is 1. The van der Waals surface area contributed by atoms with Crippen LogP contribution in [0.15, 0.2) is 82.7 Å². The van der Waals surface area contributed by atoms with Crippen LogP contribution in [0, 0.1) is 17.1 Å². The smallest absolute Gasteiger partial charge is 0.346 e. The number of halogens is 2. The number of fused-ring (bicyclic) bond motifs is 1. The lowest BCUT2D eigenvalue weighted by Crippen LogP contribution is -2.21. The molecule has 0 bridgehead atoms. The van der Waals surface area contributed by atoms with Crippen LogP contribution >= 0.6 is 15.9 Å². The van der Waals surface area contributed by atoms with Gasteiger partial charge in [0, 0.05) is 16.1 Å². The lowest BCUT2D eigenvalue weighted by molar-refractivity contribution is 0.0729. The van der Waals surface area contributed by atoms with Crippen molar-refractivity contribution in [2.45, 2.75) is 5.92 Å². The van der Waals surface area contributed by atoms with Gasteiger partial charge in [0.2, 0.25) is 5.88 Å². The second-order valence-corrected chi connectivity index (χ2v) is 7.46. The van der Waals surface area contributed by atoms with Crippen LogP contribution in [0.25, 0.3) is 0 Å². The van der Waals surface area contributed by atoms with Crippen LogP contribution in [-0.2, 0) is 0 Å². The molecule has 0 radical (unpaired) electrons. The van der Waals surface area contributed by atoms with Crippen molar-refractivity contribution in [3.05, 3.63) is 105 Å². The van der Waals surface area contributed by atoms with Crippen molar-refractivity contribution in [3.8, 4) is 17.6 Å². The Morgan fingerprint density at radius 3 is 2.67 bits per heavy atom. The molecule has 2 N–H and O–H groups in total. The number of ether oxygens (including phenoxy) is 2. The Hall–Kier alpha value is -3.63. The first-order valence-electron chi connectivity index (χ1n) is 8.91. The molecule has 7 heteroatoms. The van der Waals surface area contributed by atoms with E-state index in [-0.39, 0.29) is 22.8 Å². The zero-order valence-electron chi connectivity index (χ0n) is 15.4. The SMILES string of the molecule is N#CC1=C(N)Oc2cc(OC(=O)c3ccccc3F)ccc2C1c1cccc(Br)c1. The Morgan fingerprint density at radius 2 is 1.93 bits per heavy atom. The summed E-state index contributed by atoms with van der Waals surface area (Å²) in [4.78, 5) is 12.3. The van der Waals surface area contributed by atoms with Gasteiger partial charge in [0.15, 0.2) is 0 Å². The van der Waals surface area contributed by atoms with Gasteiger partial charge in [-0.3, -0.25) is 0 Å². The van der Waals surface area contributed by atoms with Gasteiger partial charge >= 0.3 is 5.97 Å². The first-order valence-corrected chi connectivity index (χ1v) is 9.71. The predicted octanol–water partition coefficient (Wildman–Crippen LogP) is 5.03. The first kappa shape index (κ1) is 19.7. The summed E-state index contributed by atoms with van der Waals surface area (Å²) in [5.41, 5.74) is 7.66. The maximum absolute atomic E-state index is 13.8. The van der Waals surface area contributed by atoms with Gasteiger partial charge in [-0.2, -0.15) is 5.26 Å². The fraction of sp³-hybridized carbons (Fsp3) is 0.0435. The molecule has 0 amide bonds. The standard InChI is InChI=1S/C23H14BrFN2O3/c24-14-5-3-4-13(10-14)21-17-9-8-15(11-20(17)30-22(27)18(21)12-26)29-23(28)16-6-1-2-7-19(16)25/h1-11,21H,27H2. The molecule has 1 aliphatic heterocycles. The molecule has 1 heterocycles. The monoisotopic (exact) mass is 464 g/mol. The third kappa shape index (κ3) is 3.65. The number of nitrogens with two attached hydrogens (primary N) is 1. The topological polar surface area (TPSA) is 85.3 Å². The molecule has 30 heavy (non-hydrogen) atoms. The number of nitrogens with zero attached hydrogens (tertiary/aromatic N) is 1. The molecule has 0 fully saturated rings. The van der Waals surface area contributed by atoms with E-state index in [9.17, 15) is 14.4 Å². The Balaban J connectivity index is 1.71. The molecule has 0 spiro atoms. The van der Waals surface area contributed by atoms with Crippen molar-refractivity contribution >= 4 is 21.9 Å². The lowest BCUT2D eigenvalue weighted by atomic mass is 9.83. The highest BCUT2D eigenvalue weighted by Gasteiger charge is 2.31. The zero-order chi connectivity index (χ0) is 21.3. The number of hydrogen-bond donors (Lipinski definition) is 1. The van der Waals surface area contributed by atoms with Crippen molar-refractivity contribution in [1.29, 1.82) is 5.26 Å². The molecule has 148 valence electrons. The van der Waals surface area contributed by atoms with E-state index < -0.39 is 17.7 Å². The van der Waals surface area contributed by atoms with Crippen molar-refractivity contribution in [3.63, 3.8) is 0 Å². The molecule has 0 aliphatic carbocycles. The third-order valence-corrected chi connectivity index (χ3v) is 5.17. The zero-order valence-corrected chi connectivity index (χ0v) is 17.0. The number of carbonyl (C=O) groups is 1. The van der Waals surface area contributed by atoms with Gasteiger partial charge in [0.05, 0.1) is 11.5 Å². The molecular formula is C23H14BrFN2O3. The van der Waals surface area contributed by atoms with E-state index in [0.29, 0.717) is 11.3 Å². The second-order valence-electron chi connectivity index (χ2n) is 6.55. The third-order valence-electron chi connectivity index (χ3n) is 4.68. The summed E-state index contributed by atoms with van der Waals surface area (Å²) in [5.74, 6) is -1.43. The highest BCUT2D eigenvalue weighted by atomic mass is 79.9. The minimum atomic E-state index is -0.825. The van der Waals surface area contributed by atoms with Gasteiger partial charge in [0.1, 0.15) is 29.0 Å². The van der Waals surface area contributed by atoms with Crippen LogP contribution in [0.3, 0.4) is 0 Å². The molecule has 0 aromatic heterocycles. The van der Waals surface area contributed by atoms with E-state index in [1.54, 1.807) is 18.2 Å². The Bertz CT molecular complexity index is 1230. The Morgan fingerprint density at radius 1 is 1.13 bits per heavy atom. The maximum atomic E-state index is 13.8. The number of hydrogen-bond acceptors (Lipinski definition) is 5. The maximum Gasteiger partial charge on any atom is 0.346 e. The normalized spacial score (nSPS) is 15.0. The van der Waals surface area contributed by atoms with Crippen LogP contribution in [0.4, 0.5) is 4.39 Å². The van der Waals surface area contributed by atoms with Crippen molar-refractivity contribution in [2.24, 2.45) is 5.73 Å². The van der Waals surface area contributed by atoms with Gasteiger partial charge in [-0.1, -0.05) is 46.3 Å². The minimum absolute atomic E-state index is 0.0208. The fourth-order valence-electron chi connectivity index (χ4n) is 3.32. The van der Waals surface area contributed by atoms with Crippen molar-refractivity contribution in [2.75, 3.05) is 0 Å². The summed E-state index contributed by atoms with van der Waals surface area (Å²) in [6.45, 7) is 0. The van der Waals surface area contributed by atoms with Crippen molar-refractivity contribution < 1.29 is 18.7 Å². The molecule has 1 atom stereocenters. The minimum Gasteiger partial charge on any atom is -0.440 e. The van der Waals surface area contributed by atoms with Crippen LogP contribution in [-0.4, -0.2) is 5.97 Å². The highest BCUT2D eigenvalue weighted by Crippen LogP contribution is 2.43. The van der Waals surface area contributed by atoms with E-state index in [1.807, 2.05) is 24.3 Å². The number of rotatable bonds is 3. The quantitative estimate of drug-likeness (QED) is 0.434. The molecule has 5 nitrogen and oxygen atoms in total. The van der Waals surface area contributed by atoms with Crippen molar-refractivity contribution in [1.82, 2.24) is 0 Å². The lowest BCUT2D eigenvalue weighted by Gasteiger charge is -2.26. The van der Waals surface area contributed by atoms with Crippen LogP contribution in [0.5, 0.6) is 11.5 Å². The van der Waals surface area contributed by atoms with Gasteiger partial charge in [-0.05, 0) is 35.9 Å². The molecule has 3 aromatic carbocycles. The molecule has 1 aliphatic rings. The number of benzene rings is 3. The largest absolute Gasteiger partial charge is 0.440 e. The second kappa shape index (κ2) is 8.01.